The van der Waals surface area contributed by atoms with Gasteiger partial charge in [-0.05, 0) is 80.6 Å². The van der Waals surface area contributed by atoms with Crippen LogP contribution in [-0.4, -0.2) is 64.5 Å². The summed E-state index contributed by atoms with van der Waals surface area (Å²) in [5.74, 6) is -0.540. The number of amides is 1. The summed E-state index contributed by atoms with van der Waals surface area (Å²) >= 11 is 45.8. The third kappa shape index (κ3) is 19.1. The molecule has 10 nitrogen and oxygen atoms in total. The van der Waals surface area contributed by atoms with Gasteiger partial charge in [-0.2, -0.15) is 15.7 Å². The Labute approximate surface area is 400 Å². The van der Waals surface area contributed by atoms with Gasteiger partial charge in [0.1, 0.15) is 11.9 Å². The molecule has 0 saturated heterocycles. The van der Waals surface area contributed by atoms with E-state index in [9.17, 15) is 22.8 Å². The van der Waals surface area contributed by atoms with Crippen molar-refractivity contribution in [1.82, 2.24) is 30.1 Å². The first kappa shape index (κ1) is 59.3. The predicted octanol–water partition coefficient (Wildman–Crippen LogP) is 13.6. The maximum Gasteiger partial charge on any atom is 0.298 e. The summed E-state index contributed by atoms with van der Waals surface area (Å²) in [6.45, 7) is 5.09. The molecule has 2 aromatic carbocycles. The van der Waals surface area contributed by atoms with Gasteiger partial charge >= 0.3 is 0 Å². The average molecular weight is 1190 g/mol. The van der Waals surface area contributed by atoms with E-state index in [2.05, 4.69) is 60.9 Å². The number of hydrogen-bond acceptors (Lipinski definition) is 7. The van der Waals surface area contributed by atoms with Gasteiger partial charge in [0, 0.05) is 68.2 Å². The minimum absolute atomic E-state index is 0. The van der Waals surface area contributed by atoms with Gasteiger partial charge in [0.05, 0.1) is 28.3 Å². The van der Waals surface area contributed by atoms with Crippen molar-refractivity contribution in [2.75, 3.05) is 16.7 Å². The fourth-order valence-electron chi connectivity index (χ4n) is 4.81. The maximum absolute atomic E-state index is 13.8. The highest BCUT2D eigenvalue weighted by atomic mass is 127. The van der Waals surface area contributed by atoms with Crippen LogP contribution in [0.4, 0.5) is 13.2 Å². The van der Waals surface area contributed by atoms with E-state index >= 15 is 0 Å². The van der Waals surface area contributed by atoms with Gasteiger partial charge < -0.3 is 4.84 Å². The summed E-state index contributed by atoms with van der Waals surface area (Å²) in [7, 11) is 5.99. The zero-order valence-corrected chi connectivity index (χ0v) is 40.4. The molecule has 0 radical (unpaired) electrons. The molecule has 1 amide bonds. The van der Waals surface area contributed by atoms with Crippen LogP contribution in [0.5, 0.6) is 0 Å². The highest BCUT2D eigenvalue weighted by Crippen LogP contribution is 2.32. The van der Waals surface area contributed by atoms with Crippen LogP contribution in [0.1, 0.15) is 91.5 Å². The van der Waals surface area contributed by atoms with E-state index < -0.39 is 35.5 Å². The van der Waals surface area contributed by atoms with E-state index in [-0.39, 0.29) is 37.7 Å². The first-order valence-corrected chi connectivity index (χ1v) is 21.6. The number of nitrogens with zero attached hydrogens (tertiary/aromatic N) is 5. The molecule has 0 bridgehead atoms. The molecule has 1 N–H and O–H groups in total. The van der Waals surface area contributed by atoms with Gasteiger partial charge in [0.15, 0.2) is 5.69 Å². The minimum atomic E-state index is -2.77. The van der Waals surface area contributed by atoms with E-state index in [1.54, 1.807) is 45.3 Å². The lowest BCUT2D eigenvalue weighted by molar-refractivity contribution is -0.119. The fourth-order valence-corrected chi connectivity index (χ4v) is 6.90. The van der Waals surface area contributed by atoms with Crippen molar-refractivity contribution in [1.29, 1.82) is 0 Å². The van der Waals surface area contributed by atoms with E-state index in [1.807, 2.05) is 6.92 Å². The topological polar surface area (TPSA) is 104 Å². The van der Waals surface area contributed by atoms with Crippen LogP contribution in [0, 0.1) is 0 Å². The smallest absolute Gasteiger partial charge is 0.298 e. The number of nitrogens with one attached hydrogen (secondary N) is 1. The summed E-state index contributed by atoms with van der Waals surface area (Å²) in [5.41, 5.74) is 3.72. The molecule has 4 aromatic rings. The van der Waals surface area contributed by atoms with Crippen molar-refractivity contribution < 1.29 is 32.4 Å². The molecule has 328 valence electrons. The highest BCUT2D eigenvalue weighted by Gasteiger charge is 2.29. The number of rotatable bonds is 12. The van der Waals surface area contributed by atoms with E-state index in [0.717, 1.165) is 21.5 Å². The number of aryl methyl sites for hydroxylation is 2. The molecule has 2 aromatic heterocycles. The molecule has 3 atom stereocenters. The van der Waals surface area contributed by atoms with Gasteiger partial charge in [-0.25, -0.2) is 18.2 Å². The number of hydroxylamine groups is 3. The molecular weight excluding hydrogens is 1140 g/mol. The van der Waals surface area contributed by atoms with E-state index in [1.165, 1.54) is 34.4 Å². The summed E-state index contributed by atoms with van der Waals surface area (Å²) in [6.07, 6.45) is -0.467. The third-order valence-corrected chi connectivity index (χ3v) is 9.09. The van der Waals surface area contributed by atoms with Gasteiger partial charge in [-0.15, -0.1) is 0 Å². The van der Waals surface area contributed by atoms with Crippen LogP contribution in [-0.2, 0) is 36.6 Å². The summed E-state index contributed by atoms with van der Waals surface area (Å²) in [4.78, 5) is 33.5. The Bertz CT molecular complexity index is 1850. The molecule has 22 heteroatoms. The van der Waals surface area contributed by atoms with Gasteiger partial charge in [0.25, 0.3) is 17.6 Å². The molecule has 0 aliphatic carbocycles. The first-order chi connectivity index (χ1) is 26.1. The second-order valence-electron chi connectivity index (χ2n) is 11.5. The maximum atomic E-state index is 13.8. The predicted molar refractivity (Wildman–Crippen MR) is 250 cm³/mol. The van der Waals surface area contributed by atoms with Gasteiger partial charge in [-0.3, -0.25) is 23.8 Å². The Morgan fingerprint density at radius 3 is 1.60 bits per heavy atom. The molecule has 0 saturated carbocycles. The number of carbonyl (C=O) groups is 2. The monoisotopic (exact) mass is 1180 g/mol. The standard InChI is InChI=1S/C17H19Cl3FN3O2.C10H12Cl3NO.C6H5ClF2N2O.CH2I2.2CH4/c1-9(5-12-14(19)6-11(18)7-15(12)20)24(26-4)17(25)16-13(10(2)21)8-23(3)22-16;1-6(14-15-2)3-8-9(12)4-7(11)5-10(8)13;1-11-2-3(5(7)12)4(10-11)6(8)9;2-1-3;;/h6-10H,5H2,1-4H3;4-6,14H,3H2,1-2H3;2,6H,1H3;1H2;2*1H4/t9-,10?;6-;;;;/m00..../s1. The van der Waals surface area contributed by atoms with Crippen molar-refractivity contribution in [3.05, 3.63) is 100 Å². The van der Waals surface area contributed by atoms with Crippen LogP contribution in [0.2, 0.25) is 30.1 Å². The lowest BCUT2D eigenvalue weighted by atomic mass is 10.1. The molecular formula is C36H46Cl7F3I2N6O4. The Morgan fingerprint density at radius 1 is 0.810 bits per heavy atom. The second kappa shape index (κ2) is 29.5. The summed E-state index contributed by atoms with van der Waals surface area (Å²) in [5, 5.41) is 10.6. The largest absolute Gasteiger partial charge is 0.305 e. The quantitative estimate of drug-likeness (QED) is 0.0652. The number of halogens is 12. The van der Waals surface area contributed by atoms with Crippen molar-refractivity contribution in [3.63, 3.8) is 0 Å². The van der Waals surface area contributed by atoms with Crippen molar-refractivity contribution in [2.45, 2.75) is 73.1 Å². The number of aromatic nitrogens is 4. The van der Waals surface area contributed by atoms with Crippen LogP contribution in [0.25, 0.3) is 0 Å². The third-order valence-electron chi connectivity index (χ3n) is 7.10. The van der Waals surface area contributed by atoms with Gasteiger partial charge in [-0.1, -0.05) is 130 Å². The Hall–Kier alpha value is -0.840. The molecule has 4 rings (SSSR count). The van der Waals surface area contributed by atoms with Crippen LogP contribution in [0.15, 0.2) is 36.7 Å². The van der Waals surface area contributed by atoms with Crippen molar-refractivity contribution in [2.24, 2.45) is 14.1 Å². The minimum Gasteiger partial charge on any atom is -0.305 e. The zero-order chi connectivity index (χ0) is 43.0. The lowest BCUT2D eigenvalue weighted by Gasteiger charge is -2.27. The van der Waals surface area contributed by atoms with Crippen LogP contribution in [0.3, 0.4) is 0 Å². The van der Waals surface area contributed by atoms with E-state index in [0.29, 0.717) is 48.5 Å². The Morgan fingerprint density at radius 2 is 1.24 bits per heavy atom. The SMILES string of the molecule is C.C.CON(C(=O)c1nn(C)cc1C(C)F)[C@@H](C)Cc1c(Cl)cc(Cl)cc1Cl.CON[C@@H](C)Cc1c(Cl)cc(Cl)cc1Cl.Cn1cc(C(=O)Cl)c(C(F)F)n1.ICI. The van der Waals surface area contributed by atoms with Crippen molar-refractivity contribution >= 4 is 138 Å². The number of carbonyl (C=O) groups excluding carboxylic acids is 2. The number of benzene rings is 2. The molecule has 0 spiro atoms. The normalized spacial score (nSPS) is 11.9. The van der Waals surface area contributed by atoms with Crippen LogP contribution >= 0.6 is 126 Å². The number of alkyl halides is 5. The average Bonchev–Trinajstić information content (AvgIpc) is 3.69. The Kier molecular flexibility index (Phi) is 30.1. The molecule has 2 heterocycles. The summed E-state index contributed by atoms with van der Waals surface area (Å²) < 4.78 is 41.7. The lowest BCUT2D eigenvalue weighted by Crippen LogP contribution is -2.39. The van der Waals surface area contributed by atoms with Crippen molar-refractivity contribution in [3.8, 4) is 0 Å². The highest BCUT2D eigenvalue weighted by molar-refractivity contribution is 14.2. The molecule has 0 fully saturated rings. The molecule has 58 heavy (non-hydrogen) atoms. The fraction of sp³-hybridized carbons (Fsp3) is 0.444. The van der Waals surface area contributed by atoms with Gasteiger partial charge in [0.2, 0.25) is 0 Å². The molecule has 0 aliphatic rings. The van der Waals surface area contributed by atoms with Crippen LogP contribution < -0.4 is 5.48 Å². The summed E-state index contributed by atoms with van der Waals surface area (Å²) in [6, 6.07) is 6.22. The molecule has 0 aliphatic heterocycles. The number of hydrogen-bond donors (Lipinski definition) is 1. The second-order valence-corrected chi connectivity index (χ2v) is 18.8. The zero-order valence-electron chi connectivity index (χ0n) is 30.8. The first-order valence-electron chi connectivity index (χ1n) is 15.9. The Balaban J connectivity index is 0. The van der Waals surface area contributed by atoms with E-state index in [4.69, 9.17) is 90.9 Å². The molecule has 1 unspecified atom stereocenters.